The molecule has 0 atom stereocenters. The fourth-order valence-corrected chi connectivity index (χ4v) is 4.46. The minimum atomic E-state index is -3.71. The van der Waals surface area contributed by atoms with Gasteiger partial charge in [-0.25, -0.2) is 13.2 Å². The molecular formula is C16H16N4O5S. The molecule has 3 heterocycles. The first-order valence-electron chi connectivity index (χ1n) is 8.00. The smallest absolute Gasteiger partial charge is 0.323 e. The summed E-state index contributed by atoms with van der Waals surface area (Å²) in [5.41, 5.74) is 0.588. The normalized spacial score (nSPS) is 16.2. The van der Waals surface area contributed by atoms with Gasteiger partial charge in [-0.3, -0.25) is 4.79 Å². The molecule has 0 bridgehead atoms. The van der Waals surface area contributed by atoms with Crippen molar-refractivity contribution in [2.75, 3.05) is 26.2 Å². The van der Waals surface area contributed by atoms with E-state index >= 15 is 0 Å². The summed E-state index contributed by atoms with van der Waals surface area (Å²) in [6.07, 6.45) is 1.43. The molecule has 2 aromatic heterocycles. The van der Waals surface area contributed by atoms with Gasteiger partial charge >= 0.3 is 5.69 Å². The van der Waals surface area contributed by atoms with Crippen molar-refractivity contribution in [1.29, 1.82) is 0 Å². The maximum atomic E-state index is 12.8. The van der Waals surface area contributed by atoms with Crippen molar-refractivity contribution < 1.29 is 17.6 Å². The van der Waals surface area contributed by atoms with Gasteiger partial charge in [-0.1, -0.05) is 0 Å². The van der Waals surface area contributed by atoms with E-state index in [0.29, 0.717) is 11.0 Å². The van der Waals surface area contributed by atoms with Crippen molar-refractivity contribution >= 4 is 27.0 Å². The van der Waals surface area contributed by atoms with Gasteiger partial charge in [-0.05, 0) is 30.3 Å². The summed E-state index contributed by atoms with van der Waals surface area (Å²) < 4.78 is 32.1. The van der Waals surface area contributed by atoms with Crippen molar-refractivity contribution in [3.05, 3.63) is 52.8 Å². The molecule has 26 heavy (non-hydrogen) atoms. The van der Waals surface area contributed by atoms with Crippen LogP contribution in [0.3, 0.4) is 0 Å². The van der Waals surface area contributed by atoms with Gasteiger partial charge in [0.1, 0.15) is 0 Å². The van der Waals surface area contributed by atoms with E-state index in [-0.39, 0.29) is 48.4 Å². The minimum absolute atomic E-state index is 0.103. The van der Waals surface area contributed by atoms with Crippen molar-refractivity contribution in [3.8, 4) is 0 Å². The Morgan fingerprint density at radius 3 is 2.46 bits per heavy atom. The number of imidazole rings is 1. The number of piperazine rings is 1. The van der Waals surface area contributed by atoms with Gasteiger partial charge in [-0.2, -0.15) is 4.31 Å². The van der Waals surface area contributed by atoms with Gasteiger partial charge in [0.05, 0.1) is 22.2 Å². The molecule has 1 saturated heterocycles. The first-order chi connectivity index (χ1) is 12.4. The van der Waals surface area contributed by atoms with E-state index in [1.807, 2.05) is 0 Å². The second kappa shape index (κ2) is 6.15. The van der Waals surface area contributed by atoms with Crippen LogP contribution in [0.4, 0.5) is 0 Å². The van der Waals surface area contributed by atoms with E-state index in [1.54, 1.807) is 23.1 Å². The number of benzene rings is 1. The molecule has 4 rings (SSSR count). The first kappa shape index (κ1) is 16.6. The number of nitrogens with one attached hydrogen (secondary N) is 2. The summed E-state index contributed by atoms with van der Waals surface area (Å²) in [6.45, 7) is 0.941. The zero-order valence-corrected chi connectivity index (χ0v) is 14.5. The van der Waals surface area contributed by atoms with Gasteiger partial charge in [-0.15, -0.1) is 0 Å². The first-order valence-corrected chi connectivity index (χ1v) is 9.44. The Hall–Kier alpha value is -2.85. The lowest BCUT2D eigenvalue weighted by molar-refractivity contribution is 0.0666. The van der Waals surface area contributed by atoms with Crippen LogP contribution in [0, 0.1) is 0 Å². The molecule has 1 aliphatic heterocycles. The maximum Gasteiger partial charge on any atom is 0.323 e. The quantitative estimate of drug-likeness (QED) is 0.694. The Labute approximate surface area is 148 Å². The van der Waals surface area contributed by atoms with E-state index in [2.05, 4.69) is 9.97 Å². The number of aromatic amines is 2. The number of aromatic nitrogens is 2. The standard InChI is InChI=1S/C16H16N4O5S/c21-15(14-2-1-9-25-14)19-5-7-20(8-6-19)26(23,24)11-3-4-12-13(10-11)18-16(22)17-12/h1-4,9-10H,5-8H2,(H2,17,18,22). The molecule has 0 saturated carbocycles. The number of hydrogen-bond donors (Lipinski definition) is 2. The molecular weight excluding hydrogens is 360 g/mol. The average molecular weight is 376 g/mol. The van der Waals surface area contributed by atoms with Crippen LogP contribution >= 0.6 is 0 Å². The molecule has 1 fully saturated rings. The van der Waals surface area contributed by atoms with Crippen LogP contribution in [0.2, 0.25) is 0 Å². The van der Waals surface area contributed by atoms with Crippen molar-refractivity contribution in [3.63, 3.8) is 0 Å². The predicted molar refractivity (Wildman–Crippen MR) is 92.3 cm³/mol. The van der Waals surface area contributed by atoms with Gasteiger partial charge in [0, 0.05) is 26.2 Å². The highest BCUT2D eigenvalue weighted by atomic mass is 32.2. The van der Waals surface area contributed by atoms with Crippen LogP contribution in [-0.2, 0) is 10.0 Å². The third-order valence-electron chi connectivity index (χ3n) is 4.38. The van der Waals surface area contributed by atoms with E-state index in [4.69, 9.17) is 4.42 Å². The monoisotopic (exact) mass is 376 g/mol. The van der Waals surface area contributed by atoms with Gasteiger partial charge in [0.15, 0.2) is 5.76 Å². The fourth-order valence-electron chi connectivity index (χ4n) is 3.01. The zero-order chi connectivity index (χ0) is 18.3. The molecule has 0 unspecified atom stereocenters. The summed E-state index contributed by atoms with van der Waals surface area (Å²) >= 11 is 0. The summed E-state index contributed by atoms with van der Waals surface area (Å²) in [7, 11) is -3.71. The number of amides is 1. The van der Waals surface area contributed by atoms with Crippen LogP contribution in [-0.4, -0.2) is 59.7 Å². The number of carbonyl (C=O) groups is 1. The molecule has 1 amide bonds. The molecule has 1 aliphatic rings. The number of sulfonamides is 1. The SMILES string of the molecule is O=C(c1ccco1)N1CCN(S(=O)(=O)c2ccc3[nH]c(=O)[nH]c3c2)CC1. The Morgan fingerprint density at radius 2 is 1.77 bits per heavy atom. The molecule has 0 aliphatic carbocycles. The number of rotatable bonds is 3. The summed E-state index contributed by atoms with van der Waals surface area (Å²) in [4.78, 5) is 30.4. The molecule has 136 valence electrons. The molecule has 9 nitrogen and oxygen atoms in total. The maximum absolute atomic E-state index is 12.8. The van der Waals surface area contributed by atoms with Crippen molar-refractivity contribution in [1.82, 2.24) is 19.2 Å². The lowest BCUT2D eigenvalue weighted by Gasteiger charge is -2.33. The number of carbonyl (C=O) groups excluding carboxylic acids is 1. The molecule has 0 spiro atoms. The Bertz CT molecular complexity index is 1110. The molecule has 10 heteroatoms. The highest BCUT2D eigenvalue weighted by Gasteiger charge is 2.31. The minimum Gasteiger partial charge on any atom is -0.459 e. The van der Waals surface area contributed by atoms with E-state index in [0.717, 1.165) is 0 Å². The Kier molecular flexibility index (Phi) is 3.93. The molecule has 0 radical (unpaired) electrons. The number of furan rings is 1. The summed E-state index contributed by atoms with van der Waals surface area (Å²) in [6, 6.07) is 7.66. The second-order valence-electron chi connectivity index (χ2n) is 5.96. The van der Waals surface area contributed by atoms with Crippen LogP contribution in [0.25, 0.3) is 11.0 Å². The Balaban J connectivity index is 1.52. The van der Waals surface area contributed by atoms with Gasteiger partial charge in [0.2, 0.25) is 10.0 Å². The number of nitrogens with zero attached hydrogens (tertiary/aromatic N) is 2. The van der Waals surface area contributed by atoms with Gasteiger partial charge in [0.25, 0.3) is 5.91 Å². The largest absolute Gasteiger partial charge is 0.459 e. The van der Waals surface area contributed by atoms with E-state index < -0.39 is 10.0 Å². The molecule has 1 aromatic carbocycles. The molecule has 3 aromatic rings. The van der Waals surface area contributed by atoms with Crippen molar-refractivity contribution in [2.45, 2.75) is 4.90 Å². The Morgan fingerprint density at radius 1 is 1.04 bits per heavy atom. The van der Waals surface area contributed by atoms with Crippen LogP contribution in [0.5, 0.6) is 0 Å². The van der Waals surface area contributed by atoms with Gasteiger partial charge < -0.3 is 19.3 Å². The highest BCUT2D eigenvalue weighted by Crippen LogP contribution is 2.21. The topological polar surface area (TPSA) is 119 Å². The lowest BCUT2D eigenvalue weighted by atomic mass is 10.3. The second-order valence-corrected chi connectivity index (χ2v) is 7.90. The number of H-pyrrole nitrogens is 2. The number of hydrogen-bond acceptors (Lipinski definition) is 5. The van der Waals surface area contributed by atoms with E-state index in [9.17, 15) is 18.0 Å². The van der Waals surface area contributed by atoms with Crippen LogP contribution in [0.1, 0.15) is 10.6 Å². The summed E-state index contributed by atoms with van der Waals surface area (Å²) in [5, 5.41) is 0. The lowest BCUT2D eigenvalue weighted by Crippen LogP contribution is -2.50. The van der Waals surface area contributed by atoms with Crippen LogP contribution < -0.4 is 5.69 Å². The van der Waals surface area contributed by atoms with E-state index in [1.165, 1.54) is 22.7 Å². The third kappa shape index (κ3) is 2.82. The van der Waals surface area contributed by atoms with Crippen LogP contribution in [0.15, 0.2) is 50.7 Å². The number of fused-ring (bicyclic) bond motifs is 1. The fraction of sp³-hybridized carbons (Fsp3) is 0.250. The zero-order valence-electron chi connectivity index (χ0n) is 13.6. The van der Waals surface area contributed by atoms with Crippen molar-refractivity contribution in [2.24, 2.45) is 0 Å². The average Bonchev–Trinajstić information content (AvgIpc) is 3.29. The summed E-state index contributed by atoms with van der Waals surface area (Å²) in [5.74, 6) is -0.0125. The third-order valence-corrected chi connectivity index (χ3v) is 6.28. The molecule has 2 N–H and O–H groups in total. The predicted octanol–water partition coefficient (Wildman–Crippen LogP) is 0.596. The highest BCUT2D eigenvalue weighted by molar-refractivity contribution is 7.89.